The average Bonchev–Trinajstić information content (AvgIpc) is 3.81. The Balaban J connectivity index is 1.27. The highest BCUT2D eigenvalue weighted by Gasteiger charge is 2.72. The Morgan fingerprint density at radius 3 is 2.40 bits per heavy atom. The maximum absolute atomic E-state index is 13.3. The van der Waals surface area contributed by atoms with Crippen molar-refractivity contribution in [2.24, 2.45) is 5.92 Å². The van der Waals surface area contributed by atoms with Gasteiger partial charge in [-0.15, -0.1) is 0 Å². The summed E-state index contributed by atoms with van der Waals surface area (Å²) in [6, 6.07) is 0. The molecule has 2 saturated heterocycles. The van der Waals surface area contributed by atoms with Crippen molar-refractivity contribution in [2.45, 2.75) is 107 Å². The summed E-state index contributed by atoms with van der Waals surface area (Å²) in [4.78, 5) is 37.1. The van der Waals surface area contributed by atoms with Crippen molar-refractivity contribution < 1.29 is 38.1 Å². The first kappa shape index (κ1) is 32.5. The normalized spacial score (nSPS) is 32.5. The van der Waals surface area contributed by atoms with Crippen molar-refractivity contribution in [3.63, 3.8) is 0 Å². The molecule has 3 amide bonds. The summed E-state index contributed by atoms with van der Waals surface area (Å²) in [5.74, 6) is -0.151. The van der Waals surface area contributed by atoms with Crippen LogP contribution >= 0.6 is 0 Å². The van der Waals surface area contributed by atoms with E-state index in [2.05, 4.69) is 48.1 Å². The van der Waals surface area contributed by atoms with Crippen LogP contribution in [0.15, 0.2) is 11.6 Å². The van der Waals surface area contributed by atoms with Crippen molar-refractivity contribution in [1.82, 2.24) is 21.3 Å². The molecule has 4 N–H and O–H groups in total. The number of hydrogen-bond acceptors (Lipinski definition) is 9. The summed E-state index contributed by atoms with van der Waals surface area (Å²) in [6.45, 7) is 8.08. The van der Waals surface area contributed by atoms with Crippen LogP contribution in [0, 0.1) is 5.92 Å². The number of likely N-dealkylation sites (N-methyl/N-ethyl adjacent to an activating group) is 1. The highest BCUT2D eigenvalue weighted by Crippen LogP contribution is 2.59. The number of nitrogens with one attached hydrogen (secondary N) is 4. The molecule has 4 rings (SSSR count). The molecule has 0 aromatic rings. The van der Waals surface area contributed by atoms with Crippen molar-refractivity contribution in [1.29, 1.82) is 0 Å². The van der Waals surface area contributed by atoms with E-state index >= 15 is 0 Å². The highest BCUT2D eigenvalue weighted by atomic mass is 16.6. The predicted octanol–water partition coefficient (Wildman–Crippen LogP) is 2.55. The number of amides is 3. The molecule has 3 unspecified atom stereocenters. The molecule has 4 fully saturated rings. The van der Waals surface area contributed by atoms with Crippen LogP contribution in [0.1, 0.15) is 72.1 Å². The van der Waals surface area contributed by atoms with Crippen LogP contribution in [-0.2, 0) is 28.5 Å². The first-order chi connectivity index (χ1) is 20.1. The summed E-state index contributed by atoms with van der Waals surface area (Å²) >= 11 is 0. The van der Waals surface area contributed by atoms with Gasteiger partial charge in [-0.3, -0.25) is 4.79 Å². The van der Waals surface area contributed by atoms with Gasteiger partial charge in [-0.25, -0.2) is 9.59 Å². The van der Waals surface area contributed by atoms with E-state index in [1.54, 1.807) is 14.2 Å². The minimum absolute atomic E-state index is 0.0544. The molecule has 42 heavy (non-hydrogen) atoms. The Bertz CT molecular complexity index is 992. The van der Waals surface area contributed by atoms with E-state index in [-0.39, 0.29) is 42.8 Å². The number of rotatable bonds is 14. The summed E-state index contributed by atoms with van der Waals surface area (Å²) < 4.78 is 29.8. The Labute approximate surface area is 249 Å². The molecule has 238 valence electrons. The maximum Gasteiger partial charge on any atom is 0.408 e. The van der Waals surface area contributed by atoms with E-state index in [4.69, 9.17) is 23.7 Å². The second kappa shape index (κ2) is 13.9. The highest BCUT2D eigenvalue weighted by molar-refractivity contribution is 5.77. The second-order valence-electron chi connectivity index (χ2n) is 12.7. The van der Waals surface area contributed by atoms with E-state index in [1.165, 1.54) is 5.57 Å². The number of alkyl carbamates (subject to hydrolysis) is 2. The number of carbonyl (C=O) groups excluding carboxylic acids is 3. The molecule has 12 heteroatoms. The van der Waals surface area contributed by atoms with Gasteiger partial charge in [0.25, 0.3) is 0 Å². The molecule has 2 heterocycles. The van der Waals surface area contributed by atoms with Crippen LogP contribution in [0.3, 0.4) is 0 Å². The Morgan fingerprint density at radius 2 is 1.76 bits per heavy atom. The number of hydrogen-bond donors (Lipinski definition) is 4. The monoisotopic (exact) mass is 594 g/mol. The molecule has 4 aliphatic rings. The van der Waals surface area contributed by atoms with Gasteiger partial charge in [0.1, 0.15) is 30.0 Å². The van der Waals surface area contributed by atoms with Gasteiger partial charge in [0.15, 0.2) is 0 Å². The molecular weight excluding hydrogens is 544 g/mol. The van der Waals surface area contributed by atoms with E-state index in [0.29, 0.717) is 45.4 Å². The van der Waals surface area contributed by atoms with E-state index < -0.39 is 29.4 Å². The van der Waals surface area contributed by atoms with E-state index in [9.17, 15) is 14.4 Å². The lowest BCUT2D eigenvalue weighted by Gasteiger charge is -2.43. The van der Waals surface area contributed by atoms with Crippen molar-refractivity contribution in [3.05, 3.63) is 11.6 Å². The zero-order valence-corrected chi connectivity index (χ0v) is 25.8. The number of epoxide rings is 2. The van der Waals surface area contributed by atoms with Crippen LogP contribution in [0.4, 0.5) is 9.59 Å². The third-order valence-corrected chi connectivity index (χ3v) is 9.19. The van der Waals surface area contributed by atoms with Crippen LogP contribution < -0.4 is 21.3 Å². The summed E-state index contributed by atoms with van der Waals surface area (Å²) in [5, 5.41) is 11.3. The zero-order valence-electron chi connectivity index (χ0n) is 25.8. The van der Waals surface area contributed by atoms with Gasteiger partial charge in [-0.05, 0) is 66.3 Å². The van der Waals surface area contributed by atoms with Crippen LogP contribution in [0.25, 0.3) is 0 Å². The average molecular weight is 595 g/mol. The largest absolute Gasteiger partial charge is 0.447 e. The first-order valence-corrected chi connectivity index (χ1v) is 15.3. The van der Waals surface area contributed by atoms with Gasteiger partial charge in [-0.1, -0.05) is 24.5 Å². The fraction of sp³-hybridized carbons (Fsp3) is 0.833. The van der Waals surface area contributed by atoms with Crippen LogP contribution in [0.5, 0.6) is 0 Å². The smallest absolute Gasteiger partial charge is 0.408 e. The van der Waals surface area contributed by atoms with E-state index in [1.807, 2.05) is 0 Å². The fourth-order valence-corrected chi connectivity index (χ4v) is 6.80. The minimum Gasteiger partial charge on any atom is -0.447 e. The van der Waals surface area contributed by atoms with Gasteiger partial charge in [0, 0.05) is 20.2 Å². The van der Waals surface area contributed by atoms with Crippen molar-refractivity contribution in [2.75, 3.05) is 47.0 Å². The molecule has 0 aromatic heterocycles. The molecule has 0 aromatic carbocycles. The third-order valence-electron chi connectivity index (χ3n) is 9.19. The molecule has 0 bridgehead atoms. The molecule has 2 aliphatic carbocycles. The second-order valence-corrected chi connectivity index (χ2v) is 12.7. The fourth-order valence-electron chi connectivity index (χ4n) is 6.80. The lowest BCUT2D eigenvalue weighted by molar-refractivity contribution is -0.120. The summed E-state index contributed by atoms with van der Waals surface area (Å²) in [7, 11) is 3.36. The molecule has 2 saturated carbocycles. The van der Waals surface area contributed by atoms with Crippen molar-refractivity contribution in [3.8, 4) is 0 Å². The molecular formula is C30H50N4O8. The quantitative estimate of drug-likeness (QED) is 0.135. The standard InChI is InChI=1S/C30H50N4O8/c1-20(2)9-10-22-28(3,42-22)25-24(38-5)21(11-14-30(25)19-40-30)41-27(37)34-29(12-6-7-13-29)18-39-26(36)33-16-8-15-32-23(35)17-31-4/h9,21-22,24-25,31H,6-8,10-19H2,1-5H3,(H,32,35)(H,33,36)(H,34,37)/t21?,22-,24?,25?,28-,30+/m1/s1. The number of methoxy groups -OCH3 is 1. The lowest BCUT2D eigenvalue weighted by Crippen LogP contribution is -2.57. The number of allylic oxidation sites excluding steroid dienone is 1. The Hall–Kier alpha value is -2.41. The SMILES string of the molecule is CNCC(=O)NCCCNC(=O)OCC1(NC(=O)OC2CC[C@]3(CO3)C([C@]3(C)O[C@@H]3CC=C(C)C)C2OC)CCCC1. The predicted molar refractivity (Wildman–Crippen MR) is 155 cm³/mol. The summed E-state index contributed by atoms with van der Waals surface area (Å²) in [6.07, 6.45) is 6.44. The molecule has 2 aliphatic heterocycles. The van der Waals surface area contributed by atoms with Crippen molar-refractivity contribution >= 4 is 18.1 Å². The number of carbonyl (C=O) groups is 3. The molecule has 1 spiro atoms. The lowest BCUT2D eigenvalue weighted by atomic mass is 9.68. The Kier molecular flexibility index (Phi) is 10.8. The van der Waals surface area contributed by atoms with Crippen LogP contribution in [0.2, 0.25) is 0 Å². The van der Waals surface area contributed by atoms with Crippen LogP contribution in [-0.4, -0.2) is 100 Å². The van der Waals surface area contributed by atoms with Gasteiger partial charge >= 0.3 is 12.2 Å². The van der Waals surface area contributed by atoms with Gasteiger partial charge in [0.05, 0.1) is 30.7 Å². The maximum atomic E-state index is 13.3. The Morgan fingerprint density at radius 1 is 1.05 bits per heavy atom. The third kappa shape index (κ3) is 7.94. The van der Waals surface area contributed by atoms with Gasteiger partial charge in [0.2, 0.25) is 5.91 Å². The van der Waals surface area contributed by atoms with Gasteiger partial charge in [-0.2, -0.15) is 0 Å². The molecule has 0 radical (unpaired) electrons. The van der Waals surface area contributed by atoms with E-state index in [0.717, 1.165) is 25.7 Å². The zero-order chi connectivity index (χ0) is 30.4. The molecule has 12 nitrogen and oxygen atoms in total. The first-order valence-electron chi connectivity index (χ1n) is 15.3. The summed E-state index contributed by atoms with van der Waals surface area (Å²) in [5.41, 5.74) is -0.123. The topological polar surface area (TPSA) is 152 Å². The minimum atomic E-state index is -0.673. The van der Waals surface area contributed by atoms with Gasteiger partial charge < -0.3 is 45.0 Å². The number of ether oxygens (including phenoxy) is 5. The molecule has 6 atom stereocenters.